The van der Waals surface area contributed by atoms with Crippen molar-refractivity contribution in [2.75, 3.05) is 0 Å². The SMILES string of the molecule is CCCCC(=O)Oc1ccc(C)c(F)c1F. The van der Waals surface area contributed by atoms with Gasteiger partial charge < -0.3 is 4.74 Å². The first kappa shape index (κ1) is 12.6. The van der Waals surface area contributed by atoms with Crippen molar-refractivity contribution in [1.29, 1.82) is 0 Å². The molecule has 0 amide bonds. The van der Waals surface area contributed by atoms with Crippen molar-refractivity contribution in [2.24, 2.45) is 0 Å². The minimum atomic E-state index is -1.11. The maximum absolute atomic E-state index is 13.3. The maximum Gasteiger partial charge on any atom is 0.311 e. The molecule has 88 valence electrons. The Morgan fingerprint density at radius 1 is 1.31 bits per heavy atom. The third kappa shape index (κ3) is 3.02. The molecule has 0 fully saturated rings. The molecule has 0 bridgehead atoms. The van der Waals surface area contributed by atoms with Gasteiger partial charge in [-0.05, 0) is 25.0 Å². The molecule has 0 saturated heterocycles. The van der Waals surface area contributed by atoms with Crippen LogP contribution in [0.2, 0.25) is 0 Å². The minimum absolute atomic E-state index is 0.186. The number of benzene rings is 1. The van der Waals surface area contributed by atoms with E-state index in [1.165, 1.54) is 19.1 Å². The highest BCUT2D eigenvalue weighted by Crippen LogP contribution is 2.22. The Balaban J connectivity index is 2.74. The Labute approximate surface area is 93.2 Å². The van der Waals surface area contributed by atoms with Crippen molar-refractivity contribution >= 4 is 5.97 Å². The first-order chi connectivity index (χ1) is 7.56. The van der Waals surface area contributed by atoms with Gasteiger partial charge in [-0.25, -0.2) is 4.39 Å². The molecular weight excluding hydrogens is 214 g/mol. The molecular formula is C12H14F2O2. The van der Waals surface area contributed by atoms with E-state index in [2.05, 4.69) is 0 Å². The first-order valence-corrected chi connectivity index (χ1v) is 5.21. The quantitative estimate of drug-likeness (QED) is 0.583. The minimum Gasteiger partial charge on any atom is -0.423 e. The summed E-state index contributed by atoms with van der Waals surface area (Å²) >= 11 is 0. The summed E-state index contributed by atoms with van der Waals surface area (Å²) in [6, 6.07) is 2.64. The van der Waals surface area contributed by atoms with Crippen molar-refractivity contribution in [1.82, 2.24) is 0 Å². The number of esters is 1. The van der Waals surface area contributed by atoms with E-state index in [-0.39, 0.29) is 17.7 Å². The highest BCUT2D eigenvalue weighted by atomic mass is 19.2. The molecule has 1 aromatic carbocycles. The van der Waals surface area contributed by atoms with E-state index in [0.29, 0.717) is 6.42 Å². The van der Waals surface area contributed by atoms with Crippen LogP contribution in [-0.2, 0) is 4.79 Å². The van der Waals surface area contributed by atoms with Crippen LogP contribution in [-0.4, -0.2) is 5.97 Å². The number of hydrogen-bond acceptors (Lipinski definition) is 2. The molecule has 0 aliphatic carbocycles. The van der Waals surface area contributed by atoms with Crippen LogP contribution in [0.4, 0.5) is 8.78 Å². The molecule has 0 aromatic heterocycles. The molecule has 0 atom stereocenters. The van der Waals surface area contributed by atoms with E-state index in [0.717, 1.165) is 6.42 Å². The fraction of sp³-hybridized carbons (Fsp3) is 0.417. The third-order valence-electron chi connectivity index (χ3n) is 2.20. The van der Waals surface area contributed by atoms with Gasteiger partial charge in [0.2, 0.25) is 5.82 Å². The van der Waals surface area contributed by atoms with E-state index >= 15 is 0 Å². The van der Waals surface area contributed by atoms with Crippen LogP contribution < -0.4 is 4.74 Å². The van der Waals surface area contributed by atoms with Gasteiger partial charge in [-0.15, -0.1) is 0 Å². The Morgan fingerprint density at radius 3 is 2.62 bits per heavy atom. The molecule has 16 heavy (non-hydrogen) atoms. The summed E-state index contributed by atoms with van der Waals surface area (Å²) in [4.78, 5) is 11.2. The van der Waals surface area contributed by atoms with Gasteiger partial charge in [0, 0.05) is 6.42 Å². The smallest absolute Gasteiger partial charge is 0.311 e. The van der Waals surface area contributed by atoms with Gasteiger partial charge in [0.1, 0.15) is 0 Å². The lowest BCUT2D eigenvalue weighted by Gasteiger charge is -2.06. The van der Waals surface area contributed by atoms with Crippen LogP contribution in [0.15, 0.2) is 12.1 Å². The second-order valence-electron chi connectivity index (χ2n) is 3.59. The number of carbonyl (C=O) groups is 1. The Bertz CT molecular complexity index is 389. The lowest BCUT2D eigenvalue weighted by Crippen LogP contribution is -2.09. The molecule has 1 aromatic rings. The van der Waals surface area contributed by atoms with Crippen LogP contribution in [0, 0.1) is 18.6 Å². The third-order valence-corrected chi connectivity index (χ3v) is 2.20. The van der Waals surface area contributed by atoms with Crippen molar-refractivity contribution in [3.05, 3.63) is 29.3 Å². The molecule has 0 aliphatic rings. The second kappa shape index (κ2) is 5.58. The summed E-state index contributed by atoms with van der Waals surface area (Å²) in [7, 11) is 0. The summed E-state index contributed by atoms with van der Waals surface area (Å²) in [5, 5.41) is 0. The van der Waals surface area contributed by atoms with Crippen LogP contribution in [0.3, 0.4) is 0 Å². The van der Waals surface area contributed by atoms with E-state index < -0.39 is 17.6 Å². The van der Waals surface area contributed by atoms with E-state index in [1.807, 2.05) is 6.92 Å². The van der Waals surface area contributed by atoms with Crippen molar-refractivity contribution < 1.29 is 18.3 Å². The molecule has 0 N–H and O–H groups in total. The average molecular weight is 228 g/mol. The van der Waals surface area contributed by atoms with Gasteiger partial charge in [0.25, 0.3) is 0 Å². The maximum atomic E-state index is 13.3. The van der Waals surface area contributed by atoms with Crippen molar-refractivity contribution in [2.45, 2.75) is 33.1 Å². The van der Waals surface area contributed by atoms with E-state index in [4.69, 9.17) is 4.74 Å². The molecule has 0 spiro atoms. The number of aryl methyl sites for hydroxylation is 1. The lowest BCUT2D eigenvalue weighted by atomic mass is 10.2. The highest BCUT2D eigenvalue weighted by Gasteiger charge is 2.14. The molecule has 1 rings (SSSR count). The summed E-state index contributed by atoms with van der Waals surface area (Å²) in [6.45, 7) is 3.38. The van der Waals surface area contributed by atoms with Crippen molar-refractivity contribution in [3.8, 4) is 5.75 Å². The van der Waals surface area contributed by atoms with Crippen molar-refractivity contribution in [3.63, 3.8) is 0 Å². The monoisotopic (exact) mass is 228 g/mol. The first-order valence-electron chi connectivity index (χ1n) is 5.21. The molecule has 0 aliphatic heterocycles. The number of halogens is 2. The van der Waals surface area contributed by atoms with Gasteiger partial charge >= 0.3 is 5.97 Å². The lowest BCUT2D eigenvalue weighted by molar-refractivity contribution is -0.134. The average Bonchev–Trinajstić information content (AvgIpc) is 2.27. The zero-order valence-electron chi connectivity index (χ0n) is 9.35. The molecule has 2 nitrogen and oxygen atoms in total. The Morgan fingerprint density at radius 2 is 2.00 bits per heavy atom. The normalized spacial score (nSPS) is 10.2. The molecule has 4 heteroatoms. The van der Waals surface area contributed by atoms with Gasteiger partial charge in [-0.2, -0.15) is 4.39 Å². The fourth-order valence-corrected chi connectivity index (χ4v) is 1.20. The number of ether oxygens (including phenoxy) is 1. The zero-order valence-corrected chi connectivity index (χ0v) is 9.35. The predicted octanol–water partition coefficient (Wildman–Crippen LogP) is 3.37. The zero-order chi connectivity index (χ0) is 12.1. The summed E-state index contributed by atoms with van der Waals surface area (Å²) in [6.07, 6.45) is 1.74. The molecule has 0 unspecified atom stereocenters. The van der Waals surface area contributed by atoms with Gasteiger partial charge in [0.05, 0.1) is 0 Å². The summed E-state index contributed by atoms with van der Waals surface area (Å²) in [5.41, 5.74) is 0.186. The largest absolute Gasteiger partial charge is 0.423 e. The van der Waals surface area contributed by atoms with Gasteiger partial charge in [0.15, 0.2) is 11.6 Å². The van der Waals surface area contributed by atoms with Crippen LogP contribution in [0.25, 0.3) is 0 Å². The number of carbonyl (C=O) groups excluding carboxylic acids is 1. The standard InChI is InChI=1S/C12H14F2O2/c1-3-4-5-10(15)16-9-7-6-8(2)11(13)12(9)14/h6-7H,3-5H2,1-2H3. The highest BCUT2D eigenvalue weighted by molar-refractivity contribution is 5.72. The van der Waals surface area contributed by atoms with Crippen LogP contribution in [0.5, 0.6) is 5.75 Å². The second-order valence-corrected chi connectivity index (χ2v) is 3.59. The van der Waals surface area contributed by atoms with Crippen LogP contribution >= 0.6 is 0 Å². The predicted molar refractivity (Wildman–Crippen MR) is 56.3 cm³/mol. The molecule has 0 radical (unpaired) electrons. The van der Waals surface area contributed by atoms with Crippen LogP contribution in [0.1, 0.15) is 31.7 Å². The topological polar surface area (TPSA) is 26.3 Å². The van der Waals surface area contributed by atoms with Gasteiger partial charge in [-0.3, -0.25) is 4.79 Å². The Hall–Kier alpha value is -1.45. The number of rotatable bonds is 4. The number of unbranched alkanes of at least 4 members (excludes halogenated alkanes) is 1. The van der Waals surface area contributed by atoms with Gasteiger partial charge in [-0.1, -0.05) is 19.4 Å². The van der Waals surface area contributed by atoms with E-state index in [1.54, 1.807) is 0 Å². The fourth-order valence-electron chi connectivity index (χ4n) is 1.20. The van der Waals surface area contributed by atoms with E-state index in [9.17, 15) is 13.6 Å². The summed E-state index contributed by atoms with van der Waals surface area (Å²) < 4.78 is 31.1. The summed E-state index contributed by atoms with van der Waals surface area (Å²) in [5.74, 6) is -2.96. The molecule has 0 saturated carbocycles. The number of hydrogen-bond donors (Lipinski definition) is 0. The Kier molecular flexibility index (Phi) is 4.40. The molecule has 0 heterocycles.